The highest BCUT2D eigenvalue weighted by molar-refractivity contribution is 5.86. The molecule has 1 fully saturated rings. The molecule has 2 rings (SSSR count). The first-order valence-corrected chi connectivity index (χ1v) is 6.10. The molecule has 0 aliphatic carbocycles. The van der Waals surface area contributed by atoms with Crippen LogP contribution >= 0.6 is 0 Å². The van der Waals surface area contributed by atoms with Crippen molar-refractivity contribution in [2.24, 2.45) is 5.92 Å². The zero-order valence-corrected chi connectivity index (χ0v) is 10.1. The zero-order chi connectivity index (χ0) is 12.3. The van der Waals surface area contributed by atoms with Gasteiger partial charge in [-0.2, -0.15) is 0 Å². The van der Waals surface area contributed by atoms with Crippen molar-refractivity contribution in [1.29, 1.82) is 0 Å². The lowest BCUT2D eigenvalue weighted by Crippen LogP contribution is -2.22. The van der Waals surface area contributed by atoms with Gasteiger partial charge in [0, 0.05) is 19.3 Å². The fourth-order valence-corrected chi connectivity index (χ4v) is 2.39. The molecule has 1 N–H and O–H groups in total. The molecule has 17 heavy (non-hydrogen) atoms. The molecule has 0 radical (unpaired) electrons. The number of rotatable bonds is 4. The second-order valence-corrected chi connectivity index (χ2v) is 4.61. The van der Waals surface area contributed by atoms with Crippen LogP contribution in [0.2, 0.25) is 0 Å². The van der Waals surface area contributed by atoms with E-state index in [1.807, 2.05) is 6.07 Å². The molecular weight excluding hydrogens is 216 g/mol. The standard InChI is InChI=1S/C13H18N2O2/c1-2-10-5-7-15(8-10)9-11-4-3-6-14-12(11)13(16)17/h3-4,6,10H,2,5,7-9H2,1H3,(H,16,17). The van der Waals surface area contributed by atoms with E-state index in [1.165, 1.54) is 19.0 Å². The lowest BCUT2D eigenvalue weighted by atomic mass is 10.1. The van der Waals surface area contributed by atoms with E-state index in [4.69, 9.17) is 5.11 Å². The van der Waals surface area contributed by atoms with Gasteiger partial charge in [0.2, 0.25) is 0 Å². The Labute approximate surface area is 101 Å². The average Bonchev–Trinajstić information content (AvgIpc) is 2.77. The minimum Gasteiger partial charge on any atom is -0.477 e. The molecule has 1 aromatic heterocycles. The van der Waals surface area contributed by atoms with Crippen LogP contribution in [0.25, 0.3) is 0 Å². The SMILES string of the molecule is CCC1CCN(Cc2cccnc2C(=O)O)C1. The van der Waals surface area contributed by atoms with Gasteiger partial charge in [-0.25, -0.2) is 9.78 Å². The summed E-state index contributed by atoms with van der Waals surface area (Å²) in [5.74, 6) is -0.174. The largest absolute Gasteiger partial charge is 0.477 e. The molecule has 0 saturated carbocycles. The van der Waals surface area contributed by atoms with Crippen molar-refractivity contribution in [3.8, 4) is 0 Å². The lowest BCUT2D eigenvalue weighted by Gasteiger charge is -2.16. The van der Waals surface area contributed by atoms with Crippen LogP contribution in [0.4, 0.5) is 0 Å². The number of carbonyl (C=O) groups is 1. The number of aromatic carboxylic acids is 1. The molecule has 1 aromatic rings. The minimum atomic E-state index is -0.938. The van der Waals surface area contributed by atoms with E-state index in [1.54, 1.807) is 6.07 Å². The molecule has 4 nitrogen and oxygen atoms in total. The van der Waals surface area contributed by atoms with E-state index < -0.39 is 5.97 Å². The molecule has 1 saturated heterocycles. The minimum absolute atomic E-state index is 0.187. The smallest absolute Gasteiger partial charge is 0.354 e. The zero-order valence-electron chi connectivity index (χ0n) is 10.1. The van der Waals surface area contributed by atoms with Crippen LogP contribution in [0.5, 0.6) is 0 Å². The van der Waals surface area contributed by atoms with Gasteiger partial charge in [0.1, 0.15) is 0 Å². The van der Waals surface area contributed by atoms with Crippen molar-refractivity contribution >= 4 is 5.97 Å². The number of carboxylic acid groups (broad SMARTS) is 1. The number of likely N-dealkylation sites (tertiary alicyclic amines) is 1. The van der Waals surface area contributed by atoms with Gasteiger partial charge in [-0.05, 0) is 30.5 Å². The average molecular weight is 234 g/mol. The molecule has 0 bridgehead atoms. The summed E-state index contributed by atoms with van der Waals surface area (Å²) in [5.41, 5.74) is 1.00. The summed E-state index contributed by atoms with van der Waals surface area (Å²) >= 11 is 0. The molecule has 1 atom stereocenters. The Balaban J connectivity index is 2.06. The number of aromatic nitrogens is 1. The van der Waals surface area contributed by atoms with E-state index >= 15 is 0 Å². The highest BCUT2D eigenvalue weighted by atomic mass is 16.4. The molecule has 0 spiro atoms. The number of pyridine rings is 1. The van der Waals surface area contributed by atoms with Gasteiger partial charge in [0.15, 0.2) is 5.69 Å². The van der Waals surface area contributed by atoms with Gasteiger partial charge in [0.25, 0.3) is 0 Å². The van der Waals surface area contributed by atoms with Crippen LogP contribution in [0, 0.1) is 5.92 Å². The summed E-state index contributed by atoms with van der Waals surface area (Å²) in [6.45, 7) is 5.05. The van der Waals surface area contributed by atoms with Crippen molar-refractivity contribution < 1.29 is 9.90 Å². The summed E-state index contributed by atoms with van der Waals surface area (Å²) < 4.78 is 0. The summed E-state index contributed by atoms with van der Waals surface area (Å²) in [4.78, 5) is 17.3. The Bertz CT molecular complexity index is 406. The fraction of sp³-hybridized carbons (Fsp3) is 0.538. The number of carboxylic acids is 1. The first-order chi connectivity index (χ1) is 8.20. The van der Waals surface area contributed by atoms with E-state index in [2.05, 4.69) is 16.8 Å². The van der Waals surface area contributed by atoms with Gasteiger partial charge in [-0.3, -0.25) is 4.90 Å². The quantitative estimate of drug-likeness (QED) is 0.865. The number of hydrogen-bond acceptors (Lipinski definition) is 3. The fourth-order valence-electron chi connectivity index (χ4n) is 2.39. The second-order valence-electron chi connectivity index (χ2n) is 4.61. The normalized spacial score (nSPS) is 20.6. The second kappa shape index (κ2) is 5.27. The number of nitrogens with zero attached hydrogens (tertiary/aromatic N) is 2. The Kier molecular flexibility index (Phi) is 3.74. The summed E-state index contributed by atoms with van der Waals surface area (Å²) in [7, 11) is 0. The van der Waals surface area contributed by atoms with Crippen molar-refractivity contribution in [1.82, 2.24) is 9.88 Å². The van der Waals surface area contributed by atoms with Gasteiger partial charge in [-0.1, -0.05) is 19.4 Å². The molecular formula is C13H18N2O2. The highest BCUT2D eigenvalue weighted by Gasteiger charge is 2.22. The third kappa shape index (κ3) is 2.82. The Morgan fingerprint density at radius 3 is 3.12 bits per heavy atom. The van der Waals surface area contributed by atoms with Crippen LogP contribution < -0.4 is 0 Å². The monoisotopic (exact) mass is 234 g/mol. The van der Waals surface area contributed by atoms with Crippen LogP contribution in [-0.4, -0.2) is 34.0 Å². The molecule has 1 aliphatic rings. The highest BCUT2D eigenvalue weighted by Crippen LogP contribution is 2.21. The number of hydrogen-bond donors (Lipinski definition) is 1. The summed E-state index contributed by atoms with van der Waals surface area (Å²) in [6, 6.07) is 3.66. The van der Waals surface area contributed by atoms with Crippen molar-refractivity contribution in [2.45, 2.75) is 26.3 Å². The predicted molar refractivity (Wildman–Crippen MR) is 64.9 cm³/mol. The Morgan fingerprint density at radius 2 is 2.47 bits per heavy atom. The van der Waals surface area contributed by atoms with Crippen molar-refractivity contribution in [3.63, 3.8) is 0 Å². The van der Waals surface area contributed by atoms with Crippen molar-refractivity contribution in [3.05, 3.63) is 29.6 Å². The summed E-state index contributed by atoms with van der Waals surface area (Å²) in [6.07, 6.45) is 3.96. The van der Waals surface area contributed by atoms with Crippen LogP contribution in [0.15, 0.2) is 18.3 Å². The molecule has 1 unspecified atom stereocenters. The maximum absolute atomic E-state index is 11.0. The maximum Gasteiger partial charge on any atom is 0.354 e. The van der Waals surface area contributed by atoms with Crippen LogP contribution in [0.3, 0.4) is 0 Å². The molecule has 2 heterocycles. The molecule has 4 heteroatoms. The van der Waals surface area contributed by atoms with Crippen LogP contribution in [-0.2, 0) is 6.54 Å². The van der Waals surface area contributed by atoms with Crippen LogP contribution in [0.1, 0.15) is 35.8 Å². The van der Waals surface area contributed by atoms with E-state index in [0.29, 0.717) is 6.54 Å². The third-order valence-corrected chi connectivity index (χ3v) is 3.44. The van der Waals surface area contributed by atoms with Gasteiger partial charge in [0.05, 0.1) is 0 Å². The molecule has 92 valence electrons. The lowest BCUT2D eigenvalue weighted by molar-refractivity contribution is 0.0688. The first kappa shape index (κ1) is 12.0. The van der Waals surface area contributed by atoms with E-state index in [9.17, 15) is 4.79 Å². The molecule has 1 aliphatic heterocycles. The first-order valence-electron chi connectivity index (χ1n) is 6.10. The Morgan fingerprint density at radius 1 is 1.65 bits per heavy atom. The molecule has 0 aromatic carbocycles. The summed E-state index contributed by atoms with van der Waals surface area (Å²) in [5, 5.41) is 9.06. The van der Waals surface area contributed by atoms with E-state index in [0.717, 1.165) is 24.6 Å². The van der Waals surface area contributed by atoms with Gasteiger partial charge >= 0.3 is 5.97 Å². The predicted octanol–water partition coefficient (Wildman–Crippen LogP) is 2.01. The Hall–Kier alpha value is -1.42. The molecule has 0 amide bonds. The van der Waals surface area contributed by atoms with Gasteiger partial charge < -0.3 is 5.11 Å². The third-order valence-electron chi connectivity index (χ3n) is 3.44. The maximum atomic E-state index is 11.0. The van der Waals surface area contributed by atoms with Crippen molar-refractivity contribution in [2.75, 3.05) is 13.1 Å². The van der Waals surface area contributed by atoms with E-state index in [-0.39, 0.29) is 5.69 Å². The van der Waals surface area contributed by atoms with Gasteiger partial charge in [-0.15, -0.1) is 0 Å². The topological polar surface area (TPSA) is 53.4 Å².